The molecule has 0 radical (unpaired) electrons. The van der Waals surface area contributed by atoms with Crippen molar-refractivity contribution in [2.24, 2.45) is 5.41 Å². The van der Waals surface area contributed by atoms with Crippen molar-refractivity contribution in [2.75, 3.05) is 38.5 Å². The van der Waals surface area contributed by atoms with E-state index in [2.05, 4.69) is 35.8 Å². The Balaban J connectivity index is 1.87. The second-order valence-electron chi connectivity index (χ2n) is 5.90. The molecule has 1 aliphatic carbocycles. The first-order chi connectivity index (χ1) is 8.24. The molecular weight excluding hydrogens is 228 g/mol. The maximum absolute atomic E-state index is 3.60. The lowest BCUT2D eigenvalue weighted by atomic mass is 9.85. The van der Waals surface area contributed by atoms with Gasteiger partial charge in [-0.3, -0.25) is 0 Å². The molecule has 2 fully saturated rings. The van der Waals surface area contributed by atoms with E-state index in [0.717, 1.165) is 11.8 Å². The van der Waals surface area contributed by atoms with Crippen LogP contribution in [-0.4, -0.2) is 48.6 Å². The largest absolute Gasteiger partial charge is 0.316 e. The minimum absolute atomic E-state index is 0.595. The highest BCUT2D eigenvalue weighted by Gasteiger charge is 2.35. The van der Waals surface area contributed by atoms with Gasteiger partial charge in [-0.2, -0.15) is 11.8 Å². The second kappa shape index (κ2) is 6.44. The normalized spacial score (nSPS) is 29.6. The SMILES string of the molecule is CCNCC1(CN2CCSC(C)C2)CCCC1. The predicted molar refractivity (Wildman–Crippen MR) is 77.8 cm³/mol. The van der Waals surface area contributed by atoms with Crippen LogP contribution in [0, 0.1) is 5.41 Å². The number of nitrogens with one attached hydrogen (secondary N) is 1. The lowest BCUT2D eigenvalue weighted by molar-refractivity contribution is 0.154. The highest BCUT2D eigenvalue weighted by molar-refractivity contribution is 7.99. The molecule has 100 valence electrons. The molecule has 1 saturated heterocycles. The maximum Gasteiger partial charge on any atom is 0.0147 e. The van der Waals surface area contributed by atoms with E-state index < -0.39 is 0 Å². The minimum atomic E-state index is 0.595. The first kappa shape index (κ1) is 13.7. The number of rotatable bonds is 5. The average Bonchev–Trinajstić information content (AvgIpc) is 2.75. The molecule has 0 spiro atoms. The van der Waals surface area contributed by atoms with Crippen molar-refractivity contribution in [3.63, 3.8) is 0 Å². The third kappa shape index (κ3) is 3.87. The highest BCUT2D eigenvalue weighted by Crippen LogP contribution is 2.39. The summed E-state index contributed by atoms with van der Waals surface area (Å²) in [7, 11) is 0. The van der Waals surface area contributed by atoms with E-state index in [0.29, 0.717) is 5.41 Å². The molecule has 1 heterocycles. The zero-order valence-electron chi connectivity index (χ0n) is 11.5. The lowest BCUT2D eigenvalue weighted by Gasteiger charge is -2.39. The van der Waals surface area contributed by atoms with E-state index >= 15 is 0 Å². The molecule has 1 atom stereocenters. The van der Waals surface area contributed by atoms with Crippen LogP contribution in [0.1, 0.15) is 39.5 Å². The zero-order valence-corrected chi connectivity index (χ0v) is 12.3. The molecule has 0 aromatic rings. The van der Waals surface area contributed by atoms with Crippen LogP contribution in [0.3, 0.4) is 0 Å². The van der Waals surface area contributed by atoms with Crippen molar-refractivity contribution < 1.29 is 0 Å². The Morgan fingerprint density at radius 1 is 1.35 bits per heavy atom. The Kier molecular flexibility index (Phi) is 5.19. The smallest absolute Gasteiger partial charge is 0.0147 e. The Morgan fingerprint density at radius 2 is 2.12 bits per heavy atom. The number of nitrogens with zero attached hydrogens (tertiary/aromatic N) is 1. The van der Waals surface area contributed by atoms with Gasteiger partial charge in [-0.05, 0) is 24.8 Å². The Labute approximate surface area is 111 Å². The fraction of sp³-hybridized carbons (Fsp3) is 1.00. The molecule has 0 aromatic heterocycles. The van der Waals surface area contributed by atoms with Gasteiger partial charge in [-0.15, -0.1) is 0 Å². The number of hydrogen-bond donors (Lipinski definition) is 1. The van der Waals surface area contributed by atoms with Crippen LogP contribution in [0.5, 0.6) is 0 Å². The number of hydrogen-bond acceptors (Lipinski definition) is 3. The van der Waals surface area contributed by atoms with Crippen LogP contribution in [0.25, 0.3) is 0 Å². The molecule has 0 bridgehead atoms. The second-order valence-corrected chi connectivity index (χ2v) is 7.45. The van der Waals surface area contributed by atoms with Crippen molar-refractivity contribution in [3.05, 3.63) is 0 Å². The third-order valence-corrected chi connectivity index (χ3v) is 5.43. The summed E-state index contributed by atoms with van der Waals surface area (Å²) in [4.78, 5) is 2.73. The van der Waals surface area contributed by atoms with Gasteiger partial charge >= 0.3 is 0 Å². The summed E-state index contributed by atoms with van der Waals surface area (Å²) < 4.78 is 0. The standard InChI is InChI=1S/C14H28N2S/c1-3-15-11-14(6-4-5-7-14)12-16-8-9-17-13(2)10-16/h13,15H,3-12H2,1-2H3. The lowest BCUT2D eigenvalue weighted by Crippen LogP contribution is -2.46. The van der Waals surface area contributed by atoms with Gasteiger partial charge in [-0.1, -0.05) is 26.7 Å². The van der Waals surface area contributed by atoms with Crippen molar-refractivity contribution in [2.45, 2.75) is 44.8 Å². The molecule has 2 nitrogen and oxygen atoms in total. The molecule has 3 heteroatoms. The molecule has 1 saturated carbocycles. The summed E-state index contributed by atoms with van der Waals surface area (Å²) in [5.74, 6) is 1.33. The Bertz CT molecular complexity index is 226. The number of thioether (sulfide) groups is 1. The van der Waals surface area contributed by atoms with E-state index in [9.17, 15) is 0 Å². The monoisotopic (exact) mass is 256 g/mol. The van der Waals surface area contributed by atoms with Gasteiger partial charge < -0.3 is 10.2 Å². The Hall–Kier alpha value is 0.270. The third-order valence-electron chi connectivity index (χ3n) is 4.30. The minimum Gasteiger partial charge on any atom is -0.316 e. The molecular formula is C14H28N2S. The van der Waals surface area contributed by atoms with Gasteiger partial charge in [0.1, 0.15) is 0 Å². The van der Waals surface area contributed by atoms with Gasteiger partial charge in [0, 0.05) is 37.2 Å². The first-order valence-electron chi connectivity index (χ1n) is 7.29. The molecule has 2 aliphatic rings. The quantitative estimate of drug-likeness (QED) is 0.814. The first-order valence-corrected chi connectivity index (χ1v) is 8.34. The van der Waals surface area contributed by atoms with Crippen molar-refractivity contribution in [1.82, 2.24) is 10.2 Å². The van der Waals surface area contributed by atoms with Crippen LogP contribution < -0.4 is 5.32 Å². The van der Waals surface area contributed by atoms with Crippen molar-refractivity contribution in [1.29, 1.82) is 0 Å². The van der Waals surface area contributed by atoms with Gasteiger partial charge in [0.05, 0.1) is 0 Å². The van der Waals surface area contributed by atoms with Crippen LogP contribution in [-0.2, 0) is 0 Å². The molecule has 17 heavy (non-hydrogen) atoms. The van der Waals surface area contributed by atoms with E-state index in [1.807, 2.05) is 0 Å². The molecule has 2 rings (SSSR count). The van der Waals surface area contributed by atoms with Crippen LogP contribution in [0.2, 0.25) is 0 Å². The average molecular weight is 256 g/mol. The molecule has 1 unspecified atom stereocenters. The fourth-order valence-corrected chi connectivity index (χ4v) is 4.50. The summed E-state index contributed by atoms with van der Waals surface area (Å²) in [6.45, 7) is 10.9. The van der Waals surface area contributed by atoms with E-state index in [-0.39, 0.29) is 0 Å². The van der Waals surface area contributed by atoms with Gasteiger partial charge in [0.2, 0.25) is 0 Å². The van der Waals surface area contributed by atoms with Crippen molar-refractivity contribution in [3.8, 4) is 0 Å². The van der Waals surface area contributed by atoms with Gasteiger partial charge in [0.15, 0.2) is 0 Å². The van der Waals surface area contributed by atoms with E-state index in [1.165, 1.54) is 57.6 Å². The van der Waals surface area contributed by atoms with Crippen LogP contribution >= 0.6 is 11.8 Å². The fourth-order valence-electron chi connectivity index (χ4n) is 3.41. The van der Waals surface area contributed by atoms with Gasteiger partial charge in [0.25, 0.3) is 0 Å². The molecule has 0 amide bonds. The Morgan fingerprint density at radius 3 is 2.76 bits per heavy atom. The molecule has 1 aliphatic heterocycles. The summed E-state index contributed by atoms with van der Waals surface area (Å²) >= 11 is 2.14. The van der Waals surface area contributed by atoms with E-state index in [4.69, 9.17) is 0 Å². The highest BCUT2D eigenvalue weighted by atomic mass is 32.2. The summed E-state index contributed by atoms with van der Waals surface area (Å²) in [6.07, 6.45) is 5.78. The molecule has 0 aromatic carbocycles. The summed E-state index contributed by atoms with van der Waals surface area (Å²) in [5, 5.41) is 4.43. The summed E-state index contributed by atoms with van der Waals surface area (Å²) in [6, 6.07) is 0. The molecule has 1 N–H and O–H groups in total. The van der Waals surface area contributed by atoms with Crippen molar-refractivity contribution >= 4 is 11.8 Å². The predicted octanol–water partition coefficient (Wildman–Crippen LogP) is 2.59. The van der Waals surface area contributed by atoms with Crippen LogP contribution in [0.4, 0.5) is 0 Å². The maximum atomic E-state index is 3.60. The topological polar surface area (TPSA) is 15.3 Å². The summed E-state index contributed by atoms with van der Waals surface area (Å²) in [5.41, 5.74) is 0.595. The van der Waals surface area contributed by atoms with Gasteiger partial charge in [-0.25, -0.2) is 0 Å². The zero-order chi connectivity index (χ0) is 12.1. The van der Waals surface area contributed by atoms with Crippen LogP contribution in [0.15, 0.2) is 0 Å². The van der Waals surface area contributed by atoms with E-state index in [1.54, 1.807) is 0 Å².